The van der Waals surface area contributed by atoms with Gasteiger partial charge in [0.1, 0.15) is 5.82 Å². The molecule has 0 radical (unpaired) electrons. The first kappa shape index (κ1) is 17.8. The molecule has 0 saturated heterocycles. The van der Waals surface area contributed by atoms with Crippen molar-refractivity contribution in [3.8, 4) is 11.4 Å². The van der Waals surface area contributed by atoms with Gasteiger partial charge >= 0.3 is 0 Å². The molecule has 4 rings (SSSR count). The van der Waals surface area contributed by atoms with E-state index in [2.05, 4.69) is 16.0 Å². The van der Waals surface area contributed by atoms with Crippen LogP contribution in [-0.2, 0) is 19.5 Å². The summed E-state index contributed by atoms with van der Waals surface area (Å²) in [5.41, 5.74) is 11.1. The van der Waals surface area contributed by atoms with Crippen LogP contribution in [0.15, 0.2) is 47.3 Å². The molecule has 2 heterocycles. The van der Waals surface area contributed by atoms with E-state index in [9.17, 15) is 4.79 Å². The molecule has 138 valence electrons. The Morgan fingerprint density at radius 1 is 1.22 bits per heavy atom. The number of halogens is 1. The highest BCUT2D eigenvalue weighted by molar-refractivity contribution is 6.31. The van der Waals surface area contributed by atoms with Gasteiger partial charge in [-0.2, -0.15) is 0 Å². The summed E-state index contributed by atoms with van der Waals surface area (Å²) in [4.78, 5) is 22.4. The second-order valence-corrected chi connectivity index (χ2v) is 7.41. The van der Waals surface area contributed by atoms with E-state index < -0.39 is 0 Å². The number of hydrogen-bond acceptors (Lipinski definition) is 4. The van der Waals surface area contributed by atoms with Crippen LogP contribution in [0.4, 0.5) is 5.69 Å². The van der Waals surface area contributed by atoms with E-state index in [0.717, 1.165) is 46.1 Å². The molecule has 6 heteroatoms. The molecule has 27 heavy (non-hydrogen) atoms. The van der Waals surface area contributed by atoms with Crippen LogP contribution >= 0.6 is 11.6 Å². The van der Waals surface area contributed by atoms with Crippen LogP contribution in [0.5, 0.6) is 0 Å². The lowest BCUT2D eigenvalue weighted by atomic mass is 10.0. The van der Waals surface area contributed by atoms with Crippen molar-refractivity contribution in [3.05, 3.63) is 80.2 Å². The molecule has 1 aliphatic heterocycles. The van der Waals surface area contributed by atoms with Crippen LogP contribution < -0.4 is 11.3 Å². The van der Waals surface area contributed by atoms with Gasteiger partial charge in [-0.3, -0.25) is 9.69 Å². The average molecular weight is 381 g/mol. The topological polar surface area (TPSA) is 75.0 Å². The molecule has 2 aromatic carbocycles. The molecule has 0 amide bonds. The summed E-state index contributed by atoms with van der Waals surface area (Å²) in [5, 5.41) is 0.783. The van der Waals surface area contributed by atoms with Gasteiger partial charge < -0.3 is 10.7 Å². The fourth-order valence-electron chi connectivity index (χ4n) is 3.40. The summed E-state index contributed by atoms with van der Waals surface area (Å²) in [6.45, 7) is 4.25. The smallest absolute Gasteiger partial charge is 0.254 e. The molecule has 0 bridgehead atoms. The number of aromatic nitrogens is 2. The Hall–Kier alpha value is -2.63. The first-order chi connectivity index (χ1) is 13.0. The molecule has 3 aromatic rings. The van der Waals surface area contributed by atoms with Crippen LogP contribution in [0.25, 0.3) is 11.4 Å². The predicted molar refractivity (Wildman–Crippen MR) is 109 cm³/mol. The van der Waals surface area contributed by atoms with Gasteiger partial charge in [-0.15, -0.1) is 0 Å². The number of anilines is 1. The summed E-state index contributed by atoms with van der Waals surface area (Å²) in [7, 11) is 0. The number of aryl methyl sites for hydroxylation is 1. The van der Waals surface area contributed by atoms with Crippen molar-refractivity contribution in [1.29, 1.82) is 0 Å². The molecule has 0 unspecified atom stereocenters. The van der Waals surface area contributed by atoms with E-state index in [1.807, 2.05) is 43.3 Å². The molecule has 0 saturated carbocycles. The van der Waals surface area contributed by atoms with Crippen LogP contribution in [-0.4, -0.2) is 21.4 Å². The summed E-state index contributed by atoms with van der Waals surface area (Å²) >= 11 is 6.25. The van der Waals surface area contributed by atoms with Crippen molar-refractivity contribution in [2.45, 2.75) is 26.4 Å². The van der Waals surface area contributed by atoms with Gasteiger partial charge in [0.25, 0.3) is 5.56 Å². The van der Waals surface area contributed by atoms with Gasteiger partial charge in [-0.25, -0.2) is 4.98 Å². The molecule has 1 aliphatic rings. The third-order valence-electron chi connectivity index (χ3n) is 4.98. The van der Waals surface area contributed by atoms with Gasteiger partial charge in [-0.05, 0) is 54.8 Å². The van der Waals surface area contributed by atoms with E-state index in [1.165, 1.54) is 0 Å². The zero-order valence-electron chi connectivity index (χ0n) is 15.1. The van der Waals surface area contributed by atoms with E-state index in [-0.39, 0.29) is 5.56 Å². The quantitative estimate of drug-likeness (QED) is 0.681. The third-order valence-corrected chi connectivity index (χ3v) is 5.39. The Kier molecular flexibility index (Phi) is 4.72. The SMILES string of the molecule is Cc1ccc(CN2CCc3c(nc(-c4ccc(N)cc4)[nH]c3=O)C2)cc1Cl. The normalized spacial score (nSPS) is 14.1. The van der Waals surface area contributed by atoms with Crippen molar-refractivity contribution in [1.82, 2.24) is 14.9 Å². The Labute approximate surface area is 162 Å². The second-order valence-electron chi connectivity index (χ2n) is 7.01. The number of rotatable bonds is 3. The summed E-state index contributed by atoms with van der Waals surface area (Å²) < 4.78 is 0. The van der Waals surface area contributed by atoms with Crippen molar-refractivity contribution in [2.24, 2.45) is 0 Å². The number of hydrogen-bond donors (Lipinski definition) is 2. The lowest BCUT2D eigenvalue weighted by Crippen LogP contribution is -2.35. The van der Waals surface area contributed by atoms with Crippen LogP contribution in [0.1, 0.15) is 22.4 Å². The fraction of sp³-hybridized carbons (Fsp3) is 0.238. The zero-order valence-corrected chi connectivity index (χ0v) is 15.9. The van der Waals surface area contributed by atoms with E-state index >= 15 is 0 Å². The number of aromatic amines is 1. The highest BCUT2D eigenvalue weighted by Gasteiger charge is 2.21. The molecular formula is C21H21ClN4O. The maximum atomic E-state index is 12.5. The van der Waals surface area contributed by atoms with Crippen molar-refractivity contribution in [3.63, 3.8) is 0 Å². The monoisotopic (exact) mass is 380 g/mol. The minimum absolute atomic E-state index is 0.0511. The minimum atomic E-state index is -0.0511. The molecule has 3 N–H and O–H groups in total. The maximum absolute atomic E-state index is 12.5. The van der Waals surface area contributed by atoms with Crippen LogP contribution in [0, 0.1) is 6.92 Å². The lowest BCUT2D eigenvalue weighted by molar-refractivity contribution is 0.240. The molecule has 5 nitrogen and oxygen atoms in total. The number of nitrogen functional groups attached to an aromatic ring is 1. The van der Waals surface area contributed by atoms with Gasteiger partial charge in [0.05, 0.1) is 5.69 Å². The summed E-state index contributed by atoms with van der Waals surface area (Å²) in [5.74, 6) is 0.582. The van der Waals surface area contributed by atoms with Crippen molar-refractivity contribution < 1.29 is 0 Å². The molecular weight excluding hydrogens is 360 g/mol. The minimum Gasteiger partial charge on any atom is -0.399 e. The Morgan fingerprint density at radius 3 is 2.74 bits per heavy atom. The summed E-state index contributed by atoms with van der Waals surface area (Å²) in [6, 6.07) is 13.5. The van der Waals surface area contributed by atoms with Gasteiger partial charge in [0, 0.05) is 41.5 Å². The highest BCUT2D eigenvalue weighted by Crippen LogP contribution is 2.22. The molecule has 1 aromatic heterocycles. The fourth-order valence-corrected chi connectivity index (χ4v) is 3.60. The third kappa shape index (κ3) is 3.75. The first-order valence-corrected chi connectivity index (χ1v) is 9.33. The van der Waals surface area contributed by atoms with E-state index in [1.54, 1.807) is 0 Å². The van der Waals surface area contributed by atoms with Gasteiger partial charge in [0.2, 0.25) is 0 Å². The number of nitrogens with zero attached hydrogens (tertiary/aromatic N) is 2. The Bertz CT molecular complexity index is 1040. The predicted octanol–water partition coefficient (Wildman–Crippen LogP) is 3.54. The molecule has 0 fully saturated rings. The van der Waals surface area contributed by atoms with E-state index in [4.69, 9.17) is 22.3 Å². The maximum Gasteiger partial charge on any atom is 0.254 e. The number of benzene rings is 2. The second kappa shape index (κ2) is 7.18. The molecule has 0 atom stereocenters. The summed E-state index contributed by atoms with van der Waals surface area (Å²) in [6.07, 6.45) is 0.694. The molecule has 0 spiro atoms. The highest BCUT2D eigenvalue weighted by atomic mass is 35.5. The average Bonchev–Trinajstić information content (AvgIpc) is 2.65. The number of H-pyrrole nitrogens is 1. The lowest BCUT2D eigenvalue weighted by Gasteiger charge is -2.28. The Morgan fingerprint density at radius 2 is 2.00 bits per heavy atom. The van der Waals surface area contributed by atoms with E-state index in [0.29, 0.717) is 24.5 Å². The van der Waals surface area contributed by atoms with Crippen LogP contribution in [0.2, 0.25) is 5.02 Å². The largest absolute Gasteiger partial charge is 0.399 e. The zero-order chi connectivity index (χ0) is 19.0. The standard InChI is InChI=1S/C21H21ClN4O/c1-13-2-3-14(10-18(13)22)11-26-9-8-17-19(12-26)24-20(25-21(17)27)15-4-6-16(23)7-5-15/h2-7,10H,8-9,11-12,23H2,1H3,(H,24,25,27). The Balaban J connectivity index is 1.60. The van der Waals surface area contributed by atoms with Crippen molar-refractivity contribution in [2.75, 3.05) is 12.3 Å². The number of nitrogens with one attached hydrogen (secondary N) is 1. The van der Waals surface area contributed by atoms with Crippen LogP contribution in [0.3, 0.4) is 0 Å². The number of fused-ring (bicyclic) bond motifs is 1. The van der Waals surface area contributed by atoms with Gasteiger partial charge in [0.15, 0.2) is 0 Å². The molecule has 0 aliphatic carbocycles. The van der Waals surface area contributed by atoms with Gasteiger partial charge in [-0.1, -0.05) is 23.7 Å². The van der Waals surface area contributed by atoms with Crippen molar-refractivity contribution >= 4 is 17.3 Å². The first-order valence-electron chi connectivity index (χ1n) is 8.95. The number of nitrogens with two attached hydrogens (primary N) is 1.